The second-order valence-corrected chi connectivity index (χ2v) is 9.15. The van der Waals surface area contributed by atoms with E-state index in [1.165, 1.54) is 7.11 Å². The summed E-state index contributed by atoms with van der Waals surface area (Å²) in [6.07, 6.45) is 4.46. The van der Waals surface area contributed by atoms with Crippen molar-refractivity contribution in [2.45, 2.75) is 45.2 Å². The summed E-state index contributed by atoms with van der Waals surface area (Å²) in [7, 11) is 1.47. The number of ketones is 1. The molecule has 33 heavy (non-hydrogen) atoms. The maximum absolute atomic E-state index is 13.7. The number of ether oxygens (including phenoxy) is 5. The van der Waals surface area contributed by atoms with Crippen LogP contribution in [0.2, 0.25) is 0 Å². The van der Waals surface area contributed by atoms with E-state index >= 15 is 0 Å². The molecule has 0 bridgehead atoms. The van der Waals surface area contributed by atoms with Crippen molar-refractivity contribution in [1.29, 1.82) is 0 Å². The van der Waals surface area contributed by atoms with E-state index in [4.69, 9.17) is 23.7 Å². The van der Waals surface area contributed by atoms with E-state index in [0.717, 1.165) is 5.57 Å². The van der Waals surface area contributed by atoms with Crippen molar-refractivity contribution in [2.75, 3.05) is 13.7 Å². The lowest BCUT2D eigenvalue weighted by Crippen LogP contribution is -2.51. The molecule has 0 aromatic heterocycles. The number of hydrogen-bond donors (Lipinski definition) is 1. The molecule has 0 radical (unpaired) electrons. The molecule has 3 aliphatic rings. The number of rotatable bonds is 4. The highest BCUT2D eigenvalue weighted by molar-refractivity contribution is 6.10. The number of aliphatic hydroxyl groups is 1. The average molecular weight is 450 g/mol. The maximum Gasteiger partial charge on any atom is 0.281 e. The Morgan fingerprint density at radius 2 is 1.91 bits per heavy atom. The van der Waals surface area contributed by atoms with Crippen LogP contribution in [0.1, 0.15) is 49.2 Å². The lowest BCUT2D eigenvalue weighted by atomic mass is 9.82. The molecule has 0 aliphatic carbocycles. The van der Waals surface area contributed by atoms with Crippen molar-refractivity contribution < 1.29 is 33.6 Å². The highest BCUT2D eigenvalue weighted by Crippen LogP contribution is 2.53. The van der Waals surface area contributed by atoms with Crippen LogP contribution in [0.4, 0.5) is 0 Å². The van der Waals surface area contributed by atoms with Gasteiger partial charge in [-0.05, 0) is 58.1 Å². The summed E-state index contributed by atoms with van der Waals surface area (Å²) in [6.45, 7) is 8.24. The van der Waals surface area contributed by atoms with Gasteiger partial charge in [-0.1, -0.05) is 5.57 Å². The maximum atomic E-state index is 13.7. The van der Waals surface area contributed by atoms with Crippen LogP contribution in [-0.2, 0) is 5.60 Å². The molecule has 2 atom stereocenters. The van der Waals surface area contributed by atoms with Gasteiger partial charge in [0.25, 0.3) is 6.29 Å². The molecule has 7 heteroatoms. The fraction of sp³-hybridized carbons (Fsp3) is 0.346. The van der Waals surface area contributed by atoms with E-state index in [1.54, 1.807) is 24.3 Å². The Bertz CT molecular complexity index is 1220. The van der Waals surface area contributed by atoms with Crippen molar-refractivity contribution in [2.24, 2.45) is 0 Å². The fourth-order valence-corrected chi connectivity index (χ4v) is 4.27. The predicted molar refractivity (Wildman–Crippen MR) is 121 cm³/mol. The second kappa shape index (κ2) is 7.28. The molecule has 0 spiro atoms. The quantitative estimate of drug-likeness (QED) is 0.691. The largest absolute Gasteiger partial charge is 0.495 e. The molecule has 2 aromatic carbocycles. The van der Waals surface area contributed by atoms with Crippen LogP contribution in [0.25, 0.3) is 6.08 Å². The van der Waals surface area contributed by atoms with Crippen molar-refractivity contribution in [3.05, 3.63) is 58.7 Å². The Kier molecular flexibility index (Phi) is 4.72. The van der Waals surface area contributed by atoms with Gasteiger partial charge in [-0.25, -0.2) is 0 Å². The zero-order chi connectivity index (χ0) is 23.5. The summed E-state index contributed by atoms with van der Waals surface area (Å²) in [4.78, 5) is 13.7. The van der Waals surface area contributed by atoms with Gasteiger partial charge in [0.1, 0.15) is 46.5 Å². The van der Waals surface area contributed by atoms with Crippen molar-refractivity contribution in [3.63, 3.8) is 0 Å². The Balaban J connectivity index is 1.55. The van der Waals surface area contributed by atoms with E-state index in [0.29, 0.717) is 40.7 Å². The van der Waals surface area contributed by atoms with Gasteiger partial charge >= 0.3 is 0 Å². The smallest absolute Gasteiger partial charge is 0.281 e. The zero-order valence-electron chi connectivity index (χ0n) is 19.2. The van der Waals surface area contributed by atoms with Gasteiger partial charge in [0, 0.05) is 17.7 Å². The molecule has 3 aliphatic heterocycles. The minimum Gasteiger partial charge on any atom is -0.495 e. The molecule has 1 N–H and O–H groups in total. The molecule has 5 rings (SSSR count). The summed E-state index contributed by atoms with van der Waals surface area (Å²) in [5.74, 6) is 1.41. The van der Waals surface area contributed by atoms with Gasteiger partial charge in [0.05, 0.1) is 12.7 Å². The minimum atomic E-state index is -2.01. The molecule has 0 fully saturated rings. The Morgan fingerprint density at radius 1 is 1.15 bits per heavy atom. The van der Waals surface area contributed by atoms with Gasteiger partial charge in [-0.3, -0.25) is 4.79 Å². The molecular weight excluding hydrogens is 424 g/mol. The SMILES string of the molecule is COc1c2c(cc3c1C(=O)[C@]1(O)c4ccc(OCC=C(C)C)cc4O[C@@H]1O3)OC(C)(C)C=C2. The summed E-state index contributed by atoms with van der Waals surface area (Å²) in [5.41, 5.74) is -0.289. The van der Waals surface area contributed by atoms with Crippen LogP contribution in [-0.4, -0.2) is 36.5 Å². The molecule has 7 nitrogen and oxygen atoms in total. The van der Waals surface area contributed by atoms with E-state index in [1.807, 2.05) is 45.9 Å². The number of fused-ring (bicyclic) bond motifs is 5. The molecule has 3 heterocycles. The lowest BCUT2D eigenvalue weighted by molar-refractivity contribution is -0.118. The molecule has 2 aromatic rings. The van der Waals surface area contributed by atoms with Crippen molar-refractivity contribution in [1.82, 2.24) is 0 Å². The third-order valence-electron chi connectivity index (χ3n) is 5.96. The van der Waals surface area contributed by atoms with Gasteiger partial charge in [-0.2, -0.15) is 0 Å². The highest BCUT2D eigenvalue weighted by Gasteiger charge is 2.60. The number of allylic oxidation sites excluding steroid dienone is 1. The standard InChI is InChI=1S/C26H26O7/c1-14(2)9-11-30-15-6-7-17-19(12-15)31-24-26(17,28)23(27)21-20(32-24)13-18-16(22(21)29-5)8-10-25(3,4)33-18/h6-10,12-13,24,28H,11H2,1-5H3/t24-,26-/m1/s1. The van der Waals surface area contributed by atoms with Gasteiger partial charge in [0.2, 0.25) is 11.4 Å². The van der Waals surface area contributed by atoms with Crippen LogP contribution >= 0.6 is 0 Å². The third kappa shape index (κ3) is 3.26. The van der Waals surface area contributed by atoms with E-state index < -0.39 is 23.3 Å². The predicted octanol–water partition coefficient (Wildman–Crippen LogP) is 4.41. The lowest BCUT2D eigenvalue weighted by Gasteiger charge is -2.36. The van der Waals surface area contributed by atoms with Gasteiger partial charge < -0.3 is 28.8 Å². The zero-order valence-corrected chi connectivity index (χ0v) is 19.2. The average Bonchev–Trinajstić information content (AvgIpc) is 3.03. The summed E-state index contributed by atoms with van der Waals surface area (Å²) >= 11 is 0. The monoisotopic (exact) mass is 450 g/mol. The molecule has 0 saturated heterocycles. The molecule has 0 unspecified atom stereocenters. The summed E-state index contributed by atoms with van der Waals surface area (Å²) in [5, 5.41) is 11.6. The number of benzene rings is 2. The molecular formula is C26H26O7. The summed E-state index contributed by atoms with van der Waals surface area (Å²) in [6, 6.07) is 6.64. The number of methoxy groups -OCH3 is 1. The number of carbonyl (C=O) groups excluding carboxylic acids is 1. The molecule has 0 saturated carbocycles. The highest BCUT2D eigenvalue weighted by atomic mass is 16.7. The normalized spacial score (nSPS) is 23.1. The molecule has 172 valence electrons. The minimum absolute atomic E-state index is 0.156. The fourth-order valence-electron chi connectivity index (χ4n) is 4.27. The molecule has 0 amide bonds. The van der Waals surface area contributed by atoms with Crippen molar-refractivity contribution in [3.8, 4) is 28.7 Å². The van der Waals surface area contributed by atoms with E-state index in [9.17, 15) is 9.90 Å². The van der Waals surface area contributed by atoms with E-state index in [-0.39, 0.29) is 11.3 Å². The second-order valence-electron chi connectivity index (χ2n) is 9.15. The van der Waals surface area contributed by atoms with Crippen molar-refractivity contribution >= 4 is 11.9 Å². The van der Waals surface area contributed by atoms with Crippen LogP contribution < -0.4 is 23.7 Å². The topological polar surface area (TPSA) is 83.5 Å². The number of Topliss-reactive ketones (excluding diaryl/α,β-unsaturated/α-hetero) is 1. The first kappa shape index (κ1) is 21.4. The van der Waals surface area contributed by atoms with Crippen LogP contribution in [0.15, 0.2) is 42.0 Å². The summed E-state index contributed by atoms with van der Waals surface area (Å²) < 4.78 is 29.3. The first-order valence-electron chi connectivity index (χ1n) is 10.8. The van der Waals surface area contributed by atoms with E-state index in [2.05, 4.69) is 0 Å². The van der Waals surface area contributed by atoms with Gasteiger partial charge in [-0.15, -0.1) is 0 Å². The third-order valence-corrected chi connectivity index (χ3v) is 5.96. The van der Waals surface area contributed by atoms with Crippen LogP contribution in [0.3, 0.4) is 0 Å². The van der Waals surface area contributed by atoms with Gasteiger partial charge in [0.15, 0.2) is 0 Å². The number of hydrogen-bond acceptors (Lipinski definition) is 7. The first-order valence-corrected chi connectivity index (χ1v) is 10.8. The number of carbonyl (C=O) groups is 1. The van der Waals surface area contributed by atoms with Crippen LogP contribution in [0, 0.1) is 0 Å². The Hall–Kier alpha value is -3.45. The first-order chi connectivity index (χ1) is 15.6. The Morgan fingerprint density at radius 3 is 2.64 bits per heavy atom. The van der Waals surface area contributed by atoms with Crippen LogP contribution in [0.5, 0.6) is 28.7 Å². The Labute approximate surface area is 192 Å².